The van der Waals surface area contributed by atoms with E-state index in [1.807, 2.05) is 0 Å². The van der Waals surface area contributed by atoms with E-state index in [1.54, 1.807) is 32.6 Å². The Morgan fingerprint density at radius 3 is 2.35 bits per heavy atom. The molecular formula is C24H37N3O4. The first kappa shape index (κ1) is 23.4. The number of amides is 2. The van der Waals surface area contributed by atoms with Crippen molar-refractivity contribution in [3.8, 4) is 0 Å². The van der Waals surface area contributed by atoms with E-state index in [2.05, 4.69) is 10.3 Å². The Labute approximate surface area is 185 Å². The summed E-state index contributed by atoms with van der Waals surface area (Å²) in [6, 6.07) is 0.268. The zero-order valence-electron chi connectivity index (χ0n) is 19.4. The number of ether oxygens (including phenoxy) is 1. The Balaban J connectivity index is 1.66. The lowest BCUT2D eigenvalue weighted by Crippen LogP contribution is -2.47. The van der Waals surface area contributed by atoms with E-state index in [0.29, 0.717) is 35.6 Å². The van der Waals surface area contributed by atoms with E-state index in [4.69, 9.17) is 4.74 Å². The highest BCUT2D eigenvalue weighted by Gasteiger charge is 2.32. The van der Waals surface area contributed by atoms with Gasteiger partial charge in [-0.2, -0.15) is 0 Å². The molecule has 2 N–H and O–H groups in total. The Morgan fingerprint density at radius 2 is 1.71 bits per heavy atom. The number of esters is 1. The lowest BCUT2D eigenvalue weighted by molar-refractivity contribution is -0.127. The van der Waals surface area contributed by atoms with Crippen molar-refractivity contribution in [2.45, 2.75) is 91.2 Å². The lowest BCUT2D eigenvalue weighted by Gasteiger charge is -2.33. The normalized spacial score (nSPS) is 20.4. The molecule has 31 heavy (non-hydrogen) atoms. The molecular weight excluding hydrogens is 394 g/mol. The van der Waals surface area contributed by atoms with Gasteiger partial charge in [0.15, 0.2) is 0 Å². The summed E-state index contributed by atoms with van der Waals surface area (Å²) in [7, 11) is 0. The predicted molar refractivity (Wildman–Crippen MR) is 119 cm³/mol. The van der Waals surface area contributed by atoms with Gasteiger partial charge in [0.1, 0.15) is 5.69 Å². The number of hydrogen-bond donors (Lipinski definition) is 2. The van der Waals surface area contributed by atoms with Crippen LogP contribution in [0, 0.1) is 19.8 Å². The summed E-state index contributed by atoms with van der Waals surface area (Å²) in [5.41, 5.74) is 2.08. The second-order valence-electron chi connectivity index (χ2n) is 9.37. The van der Waals surface area contributed by atoms with Crippen molar-refractivity contribution in [1.29, 1.82) is 0 Å². The van der Waals surface area contributed by atoms with Crippen molar-refractivity contribution < 1.29 is 19.1 Å². The van der Waals surface area contributed by atoms with Gasteiger partial charge in [-0.1, -0.05) is 25.7 Å². The van der Waals surface area contributed by atoms with Crippen LogP contribution < -0.4 is 5.32 Å². The number of H-pyrrole nitrogens is 1. The molecule has 0 radical (unpaired) electrons. The van der Waals surface area contributed by atoms with Crippen molar-refractivity contribution >= 4 is 17.8 Å². The largest absolute Gasteiger partial charge is 0.459 e. The number of piperidine rings is 1. The fraction of sp³-hybridized carbons (Fsp3) is 0.708. The van der Waals surface area contributed by atoms with Gasteiger partial charge >= 0.3 is 5.97 Å². The van der Waals surface area contributed by atoms with E-state index in [-0.39, 0.29) is 29.9 Å². The summed E-state index contributed by atoms with van der Waals surface area (Å²) in [5, 5.41) is 3.24. The number of aromatic nitrogens is 1. The zero-order chi connectivity index (χ0) is 22.5. The smallest absolute Gasteiger partial charge is 0.340 e. The number of hydrogen-bond acceptors (Lipinski definition) is 4. The van der Waals surface area contributed by atoms with Gasteiger partial charge in [0.05, 0.1) is 17.6 Å². The maximum atomic E-state index is 13.2. The topological polar surface area (TPSA) is 91.5 Å². The Hall–Kier alpha value is -2.31. The van der Waals surface area contributed by atoms with Crippen LogP contribution in [0.15, 0.2) is 0 Å². The molecule has 1 aliphatic heterocycles. The highest BCUT2D eigenvalue weighted by Crippen LogP contribution is 2.25. The minimum Gasteiger partial charge on any atom is -0.459 e. The second kappa shape index (κ2) is 10.3. The van der Waals surface area contributed by atoms with Crippen LogP contribution in [0.5, 0.6) is 0 Å². The van der Waals surface area contributed by atoms with Crippen LogP contribution in [-0.2, 0) is 9.53 Å². The number of nitrogens with one attached hydrogen (secondary N) is 2. The van der Waals surface area contributed by atoms with Crippen molar-refractivity contribution in [2.75, 3.05) is 13.1 Å². The number of aromatic amines is 1. The molecule has 2 amide bonds. The molecule has 1 aromatic heterocycles. The van der Waals surface area contributed by atoms with Gasteiger partial charge < -0.3 is 19.9 Å². The first-order valence-corrected chi connectivity index (χ1v) is 11.8. The maximum absolute atomic E-state index is 13.2. The van der Waals surface area contributed by atoms with Gasteiger partial charge in [0.25, 0.3) is 5.91 Å². The van der Waals surface area contributed by atoms with Gasteiger partial charge in [-0.15, -0.1) is 0 Å². The molecule has 7 heteroatoms. The molecule has 2 heterocycles. The minimum absolute atomic E-state index is 0.0741. The number of likely N-dealkylation sites (tertiary alicyclic amines) is 1. The van der Waals surface area contributed by atoms with Gasteiger partial charge in [-0.05, 0) is 58.9 Å². The Morgan fingerprint density at radius 1 is 1.03 bits per heavy atom. The number of carbonyl (C=O) groups excluding carboxylic acids is 3. The number of rotatable bonds is 5. The van der Waals surface area contributed by atoms with Crippen LogP contribution in [0.4, 0.5) is 0 Å². The first-order valence-electron chi connectivity index (χ1n) is 11.8. The Kier molecular flexibility index (Phi) is 7.79. The van der Waals surface area contributed by atoms with E-state index in [1.165, 1.54) is 25.7 Å². The van der Waals surface area contributed by atoms with Gasteiger partial charge in [0, 0.05) is 24.8 Å². The summed E-state index contributed by atoms with van der Waals surface area (Å²) in [4.78, 5) is 43.4. The van der Waals surface area contributed by atoms with E-state index >= 15 is 0 Å². The minimum atomic E-state index is -0.417. The van der Waals surface area contributed by atoms with Crippen LogP contribution >= 0.6 is 0 Å². The molecule has 0 spiro atoms. The molecule has 0 bridgehead atoms. The van der Waals surface area contributed by atoms with Crippen molar-refractivity contribution in [1.82, 2.24) is 15.2 Å². The van der Waals surface area contributed by atoms with Gasteiger partial charge in [0.2, 0.25) is 5.91 Å². The quantitative estimate of drug-likeness (QED) is 0.547. The average molecular weight is 432 g/mol. The molecule has 0 unspecified atom stereocenters. The summed E-state index contributed by atoms with van der Waals surface area (Å²) in [6.07, 6.45) is 8.33. The van der Waals surface area contributed by atoms with E-state index in [9.17, 15) is 14.4 Å². The molecule has 1 aromatic rings. The molecule has 7 nitrogen and oxygen atoms in total. The molecule has 3 rings (SSSR count). The van der Waals surface area contributed by atoms with E-state index in [0.717, 1.165) is 25.7 Å². The number of aryl methyl sites for hydroxylation is 1. The van der Waals surface area contributed by atoms with Crippen molar-refractivity contribution in [2.24, 2.45) is 5.92 Å². The molecule has 1 saturated carbocycles. The highest BCUT2D eigenvalue weighted by atomic mass is 16.5. The highest BCUT2D eigenvalue weighted by molar-refractivity contribution is 6.00. The summed E-state index contributed by atoms with van der Waals surface area (Å²) < 4.78 is 5.33. The number of carbonyl (C=O) groups is 3. The van der Waals surface area contributed by atoms with Gasteiger partial charge in [-0.25, -0.2) is 4.79 Å². The fourth-order valence-electron chi connectivity index (χ4n) is 4.82. The molecule has 172 valence electrons. The van der Waals surface area contributed by atoms with Gasteiger partial charge in [-0.3, -0.25) is 9.59 Å². The van der Waals surface area contributed by atoms with Crippen molar-refractivity contribution in [3.05, 3.63) is 22.5 Å². The lowest BCUT2D eigenvalue weighted by atomic mass is 9.95. The molecule has 2 aliphatic rings. The van der Waals surface area contributed by atoms with Crippen LogP contribution in [0.2, 0.25) is 0 Å². The second-order valence-corrected chi connectivity index (χ2v) is 9.37. The molecule has 1 saturated heterocycles. The molecule has 2 fully saturated rings. The third-order valence-corrected chi connectivity index (χ3v) is 6.48. The average Bonchev–Trinajstić information content (AvgIpc) is 2.87. The summed E-state index contributed by atoms with van der Waals surface area (Å²) in [5.74, 6) is -0.677. The van der Waals surface area contributed by atoms with Crippen molar-refractivity contribution in [3.63, 3.8) is 0 Å². The zero-order valence-corrected chi connectivity index (χ0v) is 19.4. The fourth-order valence-corrected chi connectivity index (χ4v) is 4.82. The van der Waals surface area contributed by atoms with E-state index < -0.39 is 5.97 Å². The van der Waals surface area contributed by atoms with Crippen LogP contribution in [0.25, 0.3) is 0 Å². The van der Waals surface area contributed by atoms with Crippen LogP contribution in [0.1, 0.15) is 97.3 Å². The molecule has 1 aliphatic carbocycles. The summed E-state index contributed by atoms with van der Waals surface area (Å²) >= 11 is 0. The SMILES string of the molecule is Cc1[nH]c(C(=O)N2CCC[C@H](C(=O)NC3CCCCCC3)C2)c(C)c1C(=O)OC(C)C. The maximum Gasteiger partial charge on any atom is 0.340 e. The summed E-state index contributed by atoms with van der Waals surface area (Å²) in [6.45, 7) is 8.19. The third-order valence-electron chi connectivity index (χ3n) is 6.48. The monoisotopic (exact) mass is 431 g/mol. The third kappa shape index (κ3) is 5.69. The molecule has 1 atom stereocenters. The Bertz CT molecular complexity index is 806. The predicted octanol–water partition coefficient (Wildman–Crippen LogP) is 3.89. The van der Waals surface area contributed by atoms with Crippen LogP contribution in [-0.4, -0.2) is 52.9 Å². The molecule has 0 aromatic carbocycles. The van der Waals surface area contributed by atoms with Crippen LogP contribution in [0.3, 0.4) is 0 Å². The standard InChI is InChI=1S/C24H37N3O4/c1-15(2)31-24(30)20-16(3)21(25-17(20)4)23(29)27-13-9-10-18(14-27)22(28)26-19-11-7-5-6-8-12-19/h15,18-19,25H,5-14H2,1-4H3,(H,26,28)/t18-/m0/s1. The first-order chi connectivity index (χ1) is 14.8. The number of nitrogens with zero attached hydrogens (tertiary/aromatic N) is 1.